The largest absolute Gasteiger partial charge is 0.461 e. The molecule has 0 amide bonds. The zero-order chi connectivity index (χ0) is 14.7. The molecule has 3 rings (SSSR count). The first-order valence-electron chi connectivity index (χ1n) is 6.89. The van der Waals surface area contributed by atoms with E-state index in [1.165, 1.54) is 12.4 Å². The lowest BCUT2D eigenvalue weighted by Gasteiger charge is -2.32. The van der Waals surface area contributed by atoms with Crippen LogP contribution < -0.4 is 0 Å². The Labute approximate surface area is 117 Å². The Kier molecular flexibility index (Phi) is 2.99. The molecule has 4 nitrogen and oxygen atoms in total. The third-order valence-electron chi connectivity index (χ3n) is 4.71. The Balaban J connectivity index is 1.68. The van der Waals surface area contributed by atoms with E-state index in [-0.39, 0.29) is 30.1 Å². The maximum atomic E-state index is 12.5. The Bertz CT molecular complexity index is 502. The Morgan fingerprint density at radius 2 is 1.90 bits per heavy atom. The smallest absolute Gasteiger partial charge is 0.403 e. The van der Waals surface area contributed by atoms with Crippen molar-refractivity contribution in [3.8, 4) is 0 Å². The molecule has 0 spiro atoms. The maximum Gasteiger partial charge on any atom is 0.461 e. The SMILES string of the molecule is CC1(C)OB(C2CC2c2cnn(C(F)F)c2)OC1(C)C. The van der Waals surface area contributed by atoms with Crippen molar-refractivity contribution in [1.82, 2.24) is 9.78 Å². The van der Waals surface area contributed by atoms with E-state index in [0.29, 0.717) is 4.68 Å². The van der Waals surface area contributed by atoms with Gasteiger partial charge in [-0.2, -0.15) is 13.9 Å². The van der Waals surface area contributed by atoms with E-state index in [4.69, 9.17) is 9.31 Å². The zero-order valence-electron chi connectivity index (χ0n) is 12.1. The summed E-state index contributed by atoms with van der Waals surface area (Å²) in [5, 5.41) is 3.68. The molecule has 0 N–H and O–H groups in total. The standard InChI is InChI=1S/C13H19BF2N2O2/c1-12(2)13(3,4)20-14(19-12)10-5-9(10)8-6-17-18(7-8)11(15)16/h6-7,9-11H,5H2,1-4H3. The average molecular weight is 284 g/mol. The molecular formula is C13H19BF2N2O2. The first kappa shape index (κ1) is 14.0. The number of aromatic nitrogens is 2. The lowest BCUT2D eigenvalue weighted by Crippen LogP contribution is -2.41. The molecule has 1 aliphatic carbocycles. The number of hydrogen-bond donors (Lipinski definition) is 0. The molecule has 1 aliphatic heterocycles. The number of alkyl halides is 2. The van der Waals surface area contributed by atoms with Crippen molar-refractivity contribution < 1.29 is 18.1 Å². The van der Waals surface area contributed by atoms with Crippen LogP contribution in [0.1, 0.15) is 52.1 Å². The van der Waals surface area contributed by atoms with E-state index in [0.717, 1.165) is 12.0 Å². The number of nitrogens with zero attached hydrogens (tertiary/aromatic N) is 2. The lowest BCUT2D eigenvalue weighted by atomic mass is 9.80. The predicted octanol–water partition coefficient (Wildman–Crippen LogP) is 3.23. The fraction of sp³-hybridized carbons (Fsp3) is 0.769. The van der Waals surface area contributed by atoms with Gasteiger partial charge in [0.25, 0.3) is 0 Å². The number of rotatable bonds is 3. The van der Waals surface area contributed by atoms with E-state index in [1.807, 2.05) is 27.7 Å². The van der Waals surface area contributed by atoms with Crippen LogP contribution in [-0.2, 0) is 9.31 Å². The normalized spacial score (nSPS) is 31.1. The van der Waals surface area contributed by atoms with Crippen LogP contribution in [-0.4, -0.2) is 28.1 Å². The molecule has 0 radical (unpaired) electrons. The fourth-order valence-corrected chi connectivity index (χ4v) is 2.61. The minimum atomic E-state index is -2.59. The van der Waals surface area contributed by atoms with Gasteiger partial charge in [0, 0.05) is 12.0 Å². The van der Waals surface area contributed by atoms with Crippen LogP contribution in [0.25, 0.3) is 0 Å². The van der Waals surface area contributed by atoms with Crippen LogP contribution in [0.3, 0.4) is 0 Å². The first-order valence-corrected chi connectivity index (χ1v) is 6.89. The van der Waals surface area contributed by atoms with Gasteiger partial charge in [0.2, 0.25) is 0 Å². The van der Waals surface area contributed by atoms with Gasteiger partial charge in [-0.15, -0.1) is 0 Å². The Morgan fingerprint density at radius 1 is 1.30 bits per heavy atom. The summed E-state index contributed by atoms with van der Waals surface area (Å²) in [6.07, 6.45) is 3.83. The van der Waals surface area contributed by atoms with E-state index >= 15 is 0 Å². The quantitative estimate of drug-likeness (QED) is 0.799. The van der Waals surface area contributed by atoms with Gasteiger partial charge in [0.05, 0.1) is 17.4 Å². The average Bonchev–Trinajstić information content (AvgIpc) is 2.89. The first-order chi connectivity index (χ1) is 9.21. The van der Waals surface area contributed by atoms with Crippen molar-refractivity contribution >= 4 is 7.12 Å². The Hall–Kier alpha value is -0.945. The van der Waals surface area contributed by atoms with Gasteiger partial charge in [0.15, 0.2) is 0 Å². The summed E-state index contributed by atoms with van der Waals surface area (Å²) in [7, 11) is -0.264. The van der Waals surface area contributed by atoms with Crippen LogP contribution in [0.2, 0.25) is 5.82 Å². The second-order valence-electron chi connectivity index (χ2n) is 6.66. The van der Waals surface area contributed by atoms with Crippen LogP contribution in [0.5, 0.6) is 0 Å². The Morgan fingerprint density at radius 3 is 2.40 bits per heavy atom. The van der Waals surface area contributed by atoms with E-state index < -0.39 is 6.55 Å². The highest BCUT2D eigenvalue weighted by Crippen LogP contribution is 2.58. The maximum absolute atomic E-state index is 12.5. The van der Waals surface area contributed by atoms with Gasteiger partial charge in [-0.3, -0.25) is 0 Å². The van der Waals surface area contributed by atoms with Crippen LogP contribution in [0, 0.1) is 0 Å². The van der Waals surface area contributed by atoms with Crippen molar-refractivity contribution in [3.63, 3.8) is 0 Å². The van der Waals surface area contributed by atoms with Crippen molar-refractivity contribution in [2.24, 2.45) is 0 Å². The van der Waals surface area contributed by atoms with E-state index in [2.05, 4.69) is 5.10 Å². The molecule has 7 heteroatoms. The molecular weight excluding hydrogens is 265 g/mol. The monoisotopic (exact) mass is 284 g/mol. The molecule has 1 saturated carbocycles. The summed E-state index contributed by atoms with van der Waals surface area (Å²) in [6.45, 7) is 5.47. The summed E-state index contributed by atoms with van der Waals surface area (Å²) < 4.78 is 37.7. The molecule has 110 valence electrons. The number of halogens is 2. The highest BCUT2D eigenvalue weighted by atomic mass is 19.3. The molecule has 1 aromatic heterocycles. The summed E-state index contributed by atoms with van der Waals surface area (Å²) in [5.74, 6) is 0.434. The van der Waals surface area contributed by atoms with Crippen LogP contribution in [0.4, 0.5) is 8.78 Å². The van der Waals surface area contributed by atoms with E-state index in [1.54, 1.807) is 0 Å². The summed E-state index contributed by atoms with van der Waals surface area (Å²) >= 11 is 0. The lowest BCUT2D eigenvalue weighted by molar-refractivity contribution is 0.00578. The summed E-state index contributed by atoms with van der Waals surface area (Å²) in [4.78, 5) is 0. The summed E-state index contributed by atoms with van der Waals surface area (Å²) in [5.41, 5.74) is 0.139. The molecule has 1 saturated heterocycles. The minimum Gasteiger partial charge on any atom is -0.403 e. The molecule has 2 fully saturated rings. The van der Waals surface area contributed by atoms with Crippen molar-refractivity contribution in [2.45, 2.75) is 63.6 Å². The molecule has 2 unspecified atom stereocenters. The minimum absolute atomic E-state index is 0.206. The molecule has 20 heavy (non-hydrogen) atoms. The highest BCUT2D eigenvalue weighted by Gasteiger charge is 2.60. The third kappa shape index (κ3) is 2.17. The second-order valence-corrected chi connectivity index (χ2v) is 6.66. The highest BCUT2D eigenvalue weighted by molar-refractivity contribution is 6.49. The van der Waals surface area contributed by atoms with E-state index in [9.17, 15) is 8.78 Å². The number of hydrogen-bond acceptors (Lipinski definition) is 3. The molecule has 0 aromatic carbocycles. The van der Waals surface area contributed by atoms with Crippen molar-refractivity contribution in [2.75, 3.05) is 0 Å². The van der Waals surface area contributed by atoms with Crippen molar-refractivity contribution in [3.05, 3.63) is 18.0 Å². The third-order valence-corrected chi connectivity index (χ3v) is 4.71. The van der Waals surface area contributed by atoms with Gasteiger partial charge in [0.1, 0.15) is 0 Å². The van der Waals surface area contributed by atoms with Gasteiger partial charge in [-0.05, 0) is 45.6 Å². The molecule has 0 bridgehead atoms. The summed E-state index contributed by atoms with van der Waals surface area (Å²) in [6, 6.07) is 0. The van der Waals surface area contributed by atoms with Crippen molar-refractivity contribution in [1.29, 1.82) is 0 Å². The molecule has 2 heterocycles. The van der Waals surface area contributed by atoms with Gasteiger partial charge in [-0.25, -0.2) is 4.68 Å². The van der Waals surface area contributed by atoms with Gasteiger partial charge >= 0.3 is 13.7 Å². The predicted molar refractivity (Wildman–Crippen MR) is 70.7 cm³/mol. The molecule has 2 atom stereocenters. The molecule has 2 aliphatic rings. The fourth-order valence-electron chi connectivity index (χ4n) is 2.61. The topological polar surface area (TPSA) is 36.3 Å². The van der Waals surface area contributed by atoms with Gasteiger partial charge < -0.3 is 9.31 Å². The molecule has 1 aromatic rings. The van der Waals surface area contributed by atoms with Gasteiger partial charge in [-0.1, -0.05) is 0 Å². The van der Waals surface area contributed by atoms with Crippen LogP contribution in [0.15, 0.2) is 12.4 Å². The van der Waals surface area contributed by atoms with Crippen LogP contribution >= 0.6 is 0 Å². The second kappa shape index (κ2) is 4.27. The zero-order valence-corrected chi connectivity index (χ0v) is 12.1.